The van der Waals surface area contributed by atoms with Gasteiger partial charge in [-0.2, -0.15) is 0 Å². The average molecular weight is 306 g/mol. The number of hydrogen-bond donors (Lipinski definition) is 2. The molecule has 0 aliphatic rings. The van der Waals surface area contributed by atoms with Crippen LogP contribution in [0.5, 0.6) is 5.75 Å². The van der Waals surface area contributed by atoms with Crippen LogP contribution in [-0.2, 0) is 16.1 Å². The fourth-order valence-corrected chi connectivity index (χ4v) is 1.56. The minimum absolute atomic E-state index is 0.105. The van der Waals surface area contributed by atoms with Gasteiger partial charge in [-0.3, -0.25) is 4.79 Å². The molecule has 21 heavy (non-hydrogen) atoms. The van der Waals surface area contributed by atoms with Crippen molar-refractivity contribution in [1.29, 1.82) is 0 Å². The molecule has 1 rings (SSSR count). The van der Waals surface area contributed by atoms with Gasteiger partial charge in [0.05, 0.1) is 6.04 Å². The van der Waals surface area contributed by atoms with Crippen LogP contribution in [0.1, 0.15) is 12.0 Å². The van der Waals surface area contributed by atoms with Crippen LogP contribution in [0.2, 0.25) is 0 Å². The smallest absolute Gasteiger partial charge is 0.405 e. The third-order valence-corrected chi connectivity index (χ3v) is 2.62. The number of carbonyl (C=O) groups excluding carboxylic acids is 1. The number of halogens is 3. The second kappa shape index (κ2) is 7.84. The van der Waals surface area contributed by atoms with E-state index < -0.39 is 18.3 Å². The zero-order valence-electron chi connectivity index (χ0n) is 11.4. The molecule has 1 unspecified atom stereocenters. The third kappa shape index (κ3) is 6.46. The Balaban J connectivity index is 2.61. The van der Waals surface area contributed by atoms with E-state index in [-0.39, 0.29) is 17.9 Å². The largest absolute Gasteiger partial charge is 0.573 e. The van der Waals surface area contributed by atoms with Crippen molar-refractivity contribution in [2.75, 3.05) is 13.7 Å². The highest BCUT2D eigenvalue weighted by Crippen LogP contribution is 2.26. The van der Waals surface area contributed by atoms with Crippen LogP contribution in [0, 0.1) is 0 Å². The van der Waals surface area contributed by atoms with Crippen LogP contribution in [0.25, 0.3) is 0 Å². The fourth-order valence-electron chi connectivity index (χ4n) is 1.56. The van der Waals surface area contributed by atoms with Gasteiger partial charge in [0.1, 0.15) is 5.75 Å². The Morgan fingerprint density at radius 2 is 2.05 bits per heavy atom. The van der Waals surface area contributed by atoms with E-state index in [0.29, 0.717) is 13.0 Å². The van der Waals surface area contributed by atoms with E-state index in [1.54, 1.807) is 6.07 Å². The maximum atomic E-state index is 12.2. The molecule has 5 nitrogen and oxygen atoms in total. The second-order valence-corrected chi connectivity index (χ2v) is 4.26. The minimum Gasteiger partial charge on any atom is -0.405 e. The average Bonchev–Trinajstić information content (AvgIpc) is 2.41. The summed E-state index contributed by atoms with van der Waals surface area (Å²) < 4.78 is 45.4. The molecule has 1 aromatic carbocycles. The van der Waals surface area contributed by atoms with Crippen molar-refractivity contribution in [2.45, 2.75) is 25.4 Å². The molecule has 1 aromatic rings. The van der Waals surface area contributed by atoms with E-state index in [2.05, 4.69) is 10.1 Å². The van der Waals surface area contributed by atoms with Crippen molar-refractivity contribution in [2.24, 2.45) is 5.73 Å². The quantitative estimate of drug-likeness (QED) is 0.802. The highest BCUT2D eigenvalue weighted by atomic mass is 19.4. The summed E-state index contributed by atoms with van der Waals surface area (Å²) in [6.45, 7) is 0.216. The molecule has 8 heteroatoms. The number of alkyl halides is 3. The van der Waals surface area contributed by atoms with E-state index in [1.165, 1.54) is 25.3 Å². The van der Waals surface area contributed by atoms with Crippen LogP contribution < -0.4 is 15.8 Å². The standard InChI is InChI=1S/C13H17F3N2O3/c1-20-7-6-10(17)12(19)18-8-9-4-2-3-5-11(9)21-13(14,15)16/h2-5,10H,6-8,17H2,1H3,(H,18,19). The predicted molar refractivity (Wildman–Crippen MR) is 69.4 cm³/mol. The van der Waals surface area contributed by atoms with Crippen LogP contribution in [-0.4, -0.2) is 32.0 Å². The van der Waals surface area contributed by atoms with Gasteiger partial charge in [0, 0.05) is 25.8 Å². The van der Waals surface area contributed by atoms with Crippen LogP contribution >= 0.6 is 0 Å². The highest BCUT2D eigenvalue weighted by molar-refractivity contribution is 5.81. The van der Waals surface area contributed by atoms with Gasteiger partial charge in [-0.25, -0.2) is 0 Å². The van der Waals surface area contributed by atoms with Crippen molar-refractivity contribution < 1.29 is 27.4 Å². The molecule has 0 bridgehead atoms. The Hall–Kier alpha value is -1.80. The first kappa shape index (κ1) is 17.3. The molecule has 0 aliphatic heterocycles. The third-order valence-electron chi connectivity index (χ3n) is 2.62. The van der Waals surface area contributed by atoms with E-state index in [4.69, 9.17) is 10.5 Å². The number of hydrogen-bond acceptors (Lipinski definition) is 4. The summed E-state index contributed by atoms with van der Waals surface area (Å²) in [5.41, 5.74) is 5.81. The molecule has 0 spiro atoms. The Bertz CT molecular complexity index is 466. The number of methoxy groups -OCH3 is 1. The molecule has 0 saturated heterocycles. The van der Waals surface area contributed by atoms with Gasteiger partial charge in [0.2, 0.25) is 5.91 Å². The second-order valence-electron chi connectivity index (χ2n) is 4.26. The Morgan fingerprint density at radius 1 is 1.38 bits per heavy atom. The molecule has 3 N–H and O–H groups in total. The molecule has 0 radical (unpaired) electrons. The maximum Gasteiger partial charge on any atom is 0.573 e. The fraction of sp³-hybridized carbons (Fsp3) is 0.462. The Kier molecular flexibility index (Phi) is 6.44. The van der Waals surface area contributed by atoms with Gasteiger partial charge < -0.3 is 20.5 Å². The molecule has 0 heterocycles. The number of ether oxygens (including phenoxy) is 2. The first-order valence-electron chi connectivity index (χ1n) is 6.19. The van der Waals surface area contributed by atoms with Crippen molar-refractivity contribution >= 4 is 5.91 Å². The summed E-state index contributed by atoms with van der Waals surface area (Å²) in [6.07, 6.45) is -4.46. The normalized spacial score (nSPS) is 12.8. The summed E-state index contributed by atoms with van der Waals surface area (Å²) in [5.74, 6) is -0.815. The lowest BCUT2D eigenvalue weighted by atomic mass is 10.1. The monoisotopic (exact) mass is 306 g/mol. The molecule has 0 fully saturated rings. The zero-order chi connectivity index (χ0) is 15.9. The van der Waals surface area contributed by atoms with Crippen molar-refractivity contribution in [1.82, 2.24) is 5.32 Å². The highest BCUT2D eigenvalue weighted by Gasteiger charge is 2.32. The molecule has 1 atom stereocenters. The minimum atomic E-state index is -4.78. The number of amides is 1. The van der Waals surface area contributed by atoms with Gasteiger partial charge in [-0.05, 0) is 12.5 Å². The van der Waals surface area contributed by atoms with Crippen molar-refractivity contribution in [3.8, 4) is 5.75 Å². The number of para-hydroxylation sites is 1. The van der Waals surface area contributed by atoms with E-state index in [1.807, 2.05) is 0 Å². The van der Waals surface area contributed by atoms with Crippen LogP contribution in [0.15, 0.2) is 24.3 Å². The molecular weight excluding hydrogens is 289 g/mol. The topological polar surface area (TPSA) is 73.6 Å². The number of rotatable bonds is 7. The zero-order valence-corrected chi connectivity index (χ0v) is 11.4. The van der Waals surface area contributed by atoms with Gasteiger partial charge in [0.25, 0.3) is 0 Å². The van der Waals surface area contributed by atoms with Crippen molar-refractivity contribution in [3.63, 3.8) is 0 Å². The van der Waals surface area contributed by atoms with E-state index >= 15 is 0 Å². The lowest BCUT2D eigenvalue weighted by molar-refractivity contribution is -0.274. The van der Waals surface area contributed by atoms with Gasteiger partial charge in [-0.15, -0.1) is 13.2 Å². The maximum absolute atomic E-state index is 12.2. The first-order valence-corrected chi connectivity index (χ1v) is 6.19. The summed E-state index contributed by atoms with van der Waals surface area (Å²) >= 11 is 0. The lowest BCUT2D eigenvalue weighted by Gasteiger charge is -2.15. The molecule has 118 valence electrons. The SMILES string of the molecule is COCCC(N)C(=O)NCc1ccccc1OC(F)(F)F. The van der Waals surface area contributed by atoms with E-state index in [9.17, 15) is 18.0 Å². The van der Waals surface area contributed by atoms with Crippen LogP contribution in [0.4, 0.5) is 13.2 Å². The Morgan fingerprint density at radius 3 is 2.67 bits per heavy atom. The van der Waals surface area contributed by atoms with Crippen molar-refractivity contribution in [3.05, 3.63) is 29.8 Å². The molecular formula is C13H17F3N2O3. The van der Waals surface area contributed by atoms with E-state index in [0.717, 1.165) is 0 Å². The Labute approximate surface area is 120 Å². The van der Waals surface area contributed by atoms with Gasteiger partial charge in [0.15, 0.2) is 0 Å². The summed E-state index contributed by atoms with van der Waals surface area (Å²) in [4.78, 5) is 11.7. The number of benzene rings is 1. The molecule has 0 saturated carbocycles. The molecule has 1 amide bonds. The molecule has 0 aliphatic carbocycles. The van der Waals surface area contributed by atoms with Gasteiger partial charge in [-0.1, -0.05) is 18.2 Å². The summed E-state index contributed by atoms with van der Waals surface area (Å²) in [6, 6.07) is 4.80. The molecule has 0 aromatic heterocycles. The lowest BCUT2D eigenvalue weighted by Crippen LogP contribution is -2.41. The summed E-state index contributed by atoms with van der Waals surface area (Å²) in [7, 11) is 1.48. The number of nitrogens with two attached hydrogens (primary N) is 1. The number of carbonyl (C=O) groups is 1. The number of nitrogens with one attached hydrogen (secondary N) is 1. The van der Waals surface area contributed by atoms with Crippen LogP contribution in [0.3, 0.4) is 0 Å². The predicted octanol–water partition coefficient (Wildman–Crippen LogP) is 1.57. The summed E-state index contributed by atoms with van der Waals surface area (Å²) in [5, 5.41) is 2.47. The van der Waals surface area contributed by atoms with Gasteiger partial charge >= 0.3 is 6.36 Å². The first-order chi connectivity index (χ1) is 9.83.